The van der Waals surface area contributed by atoms with Crippen molar-refractivity contribution in [2.24, 2.45) is 11.8 Å². The molecule has 0 amide bonds. The highest BCUT2D eigenvalue weighted by Gasteiger charge is 2.29. The molecule has 1 N–H and O–H groups in total. The Kier molecular flexibility index (Phi) is 3.85. The van der Waals surface area contributed by atoms with E-state index in [9.17, 15) is 4.79 Å². The fraction of sp³-hybridized carbons (Fsp3) is 0.923. The molecule has 2 fully saturated rings. The van der Waals surface area contributed by atoms with Crippen molar-refractivity contribution in [1.82, 2.24) is 4.90 Å². The van der Waals surface area contributed by atoms with Crippen LogP contribution in [0.5, 0.6) is 0 Å². The van der Waals surface area contributed by atoms with E-state index in [0.717, 1.165) is 31.6 Å². The van der Waals surface area contributed by atoms with Crippen LogP contribution < -0.4 is 0 Å². The first kappa shape index (κ1) is 11.9. The molecule has 0 spiro atoms. The number of carbonyl (C=O) groups is 1. The van der Waals surface area contributed by atoms with Crippen molar-refractivity contribution < 1.29 is 9.90 Å². The van der Waals surface area contributed by atoms with Gasteiger partial charge < -0.3 is 10.0 Å². The zero-order valence-corrected chi connectivity index (χ0v) is 10.2. The van der Waals surface area contributed by atoms with Crippen molar-refractivity contribution in [3.05, 3.63) is 0 Å². The summed E-state index contributed by atoms with van der Waals surface area (Å²) in [6.07, 6.45) is 8.08. The molecule has 0 aromatic heterocycles. The van der Waals surface area contributed by atoms with Gasteiger partial charge in [0.15, 0.2) is 0 Å². The van der Waals surface area contributed by atoms with Crippen molar-refractivity contribution in [2.75, 3.05) is 13.6 Å². The quantitative estimate of drug-likeness (QED) is 0.798. The van der Waals surface area contributed by atoms with Gasteiger partial charge in [-0.1, -0.05) is 6.42 Å². The molecule has 2 aliphatic carbocycles. The van der Waals surface area contributed by atoms with E-state index in [1.54, 1.807) is 0 Å². The molecule has 3 heteroatoms. The zero-order valence-electron chi connectivity index (χ0n) is 10.2. The molecule has 2 aliphatic rings. The third kappa shape index (κ3) is 2.76. The third-order valence-corrected chi connectivity index (χ3v) is 4.44. The Morgan fingerprint density at radius 3 is 2.25 bits per heavy atom. The van der Waals surface area contributed by atoms with Gasteiger partial charge in [0, 0.05) is 12.6 Å². The van der Waals surface area contributed by atoms with Gasteiger partial charge in [-0.3, -0.25) is 4.79 Å². The Balaban J connectivity index is 1.72. The van der Waals surface area contributed by atoms with Crippen LogP contribution in [-0.2, 0) is 4.79 Å². The number of hydrogen-bond donors (Lipinski definition) is 1. The fourth-order valence-corrected chi connectivity index (χ4v) is 3.00. The number of nitrogens with zero attached hydrogens (tertiary/aromatic N) is 1. The fourth-order valence-electron chi connectivity index (χ4n) is 3.00. The van der Waals surface area contributed by atoms with Crippen molar-refractivity contribution >= 4 is 5.97 Å². The molecule has 2 rings (SSSR count). The van der Waals surface area contributed by atoms with Crippen LogP contribution in [0.3, 0.4) is 0 Å². The highest BCUT2D eigenvalue weighted by Crippen LogP contribution is 2.31. The average Bonchev–Trinajstić information content (AvgIpc) is 2.23. The maximum Gasteiger partial charge on any atom is 0.306 e. The van der Waals surface area contributed by atoms with Gasteiger partial charge in [0.1, 0.15) is 0 Å². The average molecular weight is 225 g/mol. The molecule has 0 radical (unpaired) electrons. The van der Waals surface area contributed by atoms with Crippen LogP contribution >= 0.6 is 0 Å². The third-order valence-electron chi connectivity index (χ3n) is 4.44. The summed E-state index contributed by atoms with van der Waals surface area (Å²) in [6.45, 7) is 1.22. The van der Waals surface area contributed by atoms with Crippen LogP contribution in [0.25, 0.3) is 0 Å². The van der Waals surface area contributed by atoms with Crippen LogP contribution in [0.2, 0.25) is 0 Å². The number of aliphatic carboxylic acids is 1. The summed E-state index contributed by atoms with van der Waals surface area (Å²) in [7, 11) is 2.21. The van der Waals surface area contributed by atoms with E-state index in [2.05, 4.69) is 11.9 Å². The minimum atomic E-state index is -0.597. The highest BCUT2D eigenvalue weighted by molar-refractivity contribution is 5.70. The van der Waals surface area contributed by atoms with E-state index in [0.29, 0.717) is 6.04 Å². The lowest BCUT2D eigenvalue weighted by Gasteiger charge is -2.37. The molecule has 0 aromatic carbocycles. The van der Waals surface area contributed by atoms with Crippen molar-refractivity contribution in [1.29, 1.82) is 0 Å². The maximum absolute atomic E-state index is 10.9. The summed E-state index contributed by atoms with van der Waals surface area (Å²) in [5.74, 6) is 0.246. The number of hydrogen-bond acceptors (Lipinski definition) is 2. The topological polar surface area (TPSA) is 40.5 Å². The van der Waals surface area contributed by atoms with Crippen LogP contribution in [0.15, 0.2) is 0 Å². The molecule has 0 bridgehead atoms. The van der Waals surface area contributed by atoms with E-state index >= 15 is 0 Å². The molecular formula is C13H23NO2. The summed E-state index contributed by atoms with van der Waals surface area (Å²) >= 11 is 0. The second-order valence-electron chi connectivity index (χ2n) is 5.58. The largest absolute Gasteiger partial charge is 0.481 e. The van der Waals surface area contributed by atoms with Gasteiger partial charge in [-0.25, -0.2) is 0 Å². The van der Waals surface area contributed by atoms with Crippen molar-refractivity contribution in [3.8, 4) is 0 Å². The molecule has 2 saturated carbocycles. The van der Waals surface area contributed by atoms with E-state index in [-0.39, 0.29) is 5.92 Å². The number of rotatable bonds is 4. The Bertz CT molecular complexity index is 242. The van der Waals surface area contributed by atoms with Crippen LogP contribution in [-0.4, -0.2) is 35.6 Å². The number of carboxylic acids is 1. The zero-order chi connectivity index (χ0) is 11.5. The lowest BCUT2D eigenvalue weighted by Crippen LogP contribution is -2.40. The van der Waals surface area contributed by atoms with Gasteiger partial charge in [0.05, 0.1) is 5.92 Å². The monoisotopic (exact) mass is 225 g/mol. The predicted molar refractivity (Wildman–Crippen MR) is 63.4 cm³/mol. The second kappa shape index (κ2) is 5.17. The Labute approximate surface area is 97.8 Å². The first-order valence-electron chi connectivity index (χ1n) is 6.60. The van der Waals surface area contributed by atoms with E-state index in [1.165, 1.54) is 25.8 Å². The first-order valence-corrected chi connectivity index (χ1v) is 6.60. The summed E-state index contributed by atoms with van der Waals surface area (Å²) in [6, 6.07) is 0.635. The molecule has 0 unspecified atom stereocenters. The second-order valence-corrected chi connectivity index (χ2v) is 5.58. The summed E-state index contributed by atoms with van der Waals surface area (Å²) in [4.78, 5) is 13.3. The van der Waals surface area contributed by atoms with Gasteiger partial charge in [-0.2, -0.15) is 0 Å². The Morgan fingerprint density at radius 1 is 1.19 bits per heavy atom. The first-order chi connectivity index (χ1) is 7.66. The smallest absolute Gasteiger partial charge is 0.306 e. The standard InChI is InChI=1S/C13H23NO2/c1-14(9-10-3-2-4-10)12-7-5-11(6-8-12)13(15)16/h10-12H,2-9H2,1H3,(H,15,16). The summed E-state index contributed by atoms with van der Waals surface area (Å²) < 4.78 is 0. The summed E-state index contributed by atoms with van der Waals surface area (Å²) in [5.41, 5.74) is 0. The van der Waals surface area contributed by atoms with Gasteiger partial charge in [-0.15, -0.1) is 0 Å². The lowest BCUT2D eigenvalue weighted by molar-refractivity contribution is -0.143. The van der Waals surface area contributed by atoms with Crippen LogP contribution in [0.4, 0.5) is 0 Å². The normalized spacial score (nSPS) is 31.4. The van der Waals surface area contributed by atoms with Crippen molar-refractivity contribution in [2.45, 2.75) is 51.0 Å². The molecular weight excluding hydrogens is 202 g/mol. The Hall–Kier alpha value is -0.570. The Morgan fingerprint density at radius 2 is 1.81 bits per heavy atom. The van der Waals surface area contributed by atoms with Crippen LogP contribution in [0, 0.1) is 11.8 Å². The maximum atomic E-state index is 10.9. The molecule has 16 heavy (non-hydrogen) atoms. The molecule has 0 aliphatic heterocycles. The minimum absolute atomic E-state index is 0.0756. The van der Waals surface area contributed by atoms with Gasteiger partial charge >= 0.3 is 5.97 Å². The van der Waals surface area contributed by atoms with E-state index in [4.69, 9.17) is 5.11 Å². The molecule has 92 valence electrons. The lowest BCUT2D eigenvalue weighted by atomic mass is 9.82. The van der Waals surface area contributed by atoms with Gasteiger partial charge in [0.2, 0.25) is 0 Å². The van der Waals surface area contributed by atoms with Gasteiger partial charge in [0.25, 0.3) is 0 Å². The molecule has 0 aromatic rings. The molecule has 0 heterocycles. The summed E-state index contributed by atoms with van der Waals surface area (Å²) in [5, 5.41) is 8.94. The van der Waals surface area contributed by atoms with Crippen molar-refractivity contribution in [3.63, 3.8) is 0 Å². The SMILES string of the molecule is CN(CC1CCC1)C1CCC(C(=O)O)CC1. The van der Waals surface area contributed by atoms with E-state index < -0.39 is 5.97 Å². The molecule has 0 saturated heterocycles. The van der Waals surface area contributed by atoms with E-state index in [1.807, 2.05) is 0 Å². The molecule has 0 atom stereocenters. The van der Waals surface area contributed by atoms with Gasteiger partial charge in [-0.05, 0) is 51.5 Å². The highest BCUT2D eigenvalue weighted by atomic mass is 16.4. The molecule has 3 nitrogen and oxygen atoms in total. The minimum Gasteiger partial charge on any atom is -0.481 e. The number of carboxylic acid groups (broad SMARTS) is 1. The predicted octanol–water partition coefficient (Wildman–Crippen LogP) is 2.36. The van der Waals surface area contributed by atoms with Crippen LogP contribution in [0.1, 0.15) is 44.9 Å².